The number of hydrogen-bond acceptors (Lipinski definition) is 2. The van der Waals surface area contributed by atoms with Crippen LogP contribution in [0.5, 0.6) is 0 Å². The molecule has 0 spiro atoms. The Morgan fingerprint density at radius 3 is 2.50 bits per heavy atom. The zero-order chi connectivity index (χ0) is 14.8. The van der Waals surface area contributed by atoms with Gasteiger partial charge in [-0.25, -0.2) is 8.78 Å². The maximum atomic E-state index is 13.6. The monoisotopic (exact) mass is 283 g/mol. The maximum absolute atomic E-state index is 13.6. The first kappa shape index (κ1) is 14.9. The van der Waals surface area contributed by atoms with Gasteiger partial charge in [0.25, 0.3) is 0 Å². The third-order valence-corrected chi connectivity index (χ3v) is 4.35. The molecule has 0 atom stereocenters. The van der Waals surface area contributed by atoms with Crippen molar-refractivity contribution in [2.45, 2.75) is 32.7 Å². The second-order valence-corrected chi connectivity index (χ2v) is 5.45. The molecule has 1 N–H and O–H groups in total. The fraction of sp³-hybridized carbons (Fsp3) is 0.533. The first-order valence-electron chi connectivity index (χ1n) is 6.86. The maximum Gasteiger partial charge on any atom is 0.309 e. The van der Waals surface area contributed by atoms with Crippen LogP contribution < -0.4 is 0 Å². The number of piperidine rings is 1. The van der Waals surface area contributed by atoms with E-state index in [4.69, 9.17) is 0 Å². The molecule has 1 aliphatic heterocycles. The van der Waals surface area contributed by atoms with Gasteiger partial charge in [0.05, 0.1) is 5.41 Å². The molecule has 1 saturated heterocycles. The van der Waals surface area contributed by atoms with Crippen LogP contribution in [0, 0.1) is 17.0 Å². The van der Waals surface area contributed by atoms with E-state index in [9.17, 15) is 18.7 Å². The zero-order valence-corrected chi connectivity index (χ0v) is 11.5. The van der Waals surface area contributed by atoms with Gasteiger partial charge in [-0.1, -0.05) is 13.0 Å². The van der Waals surface area contributed by atoms with E-state index >= 15 is 0 Å². The van der Waals surface area contributed by atoms with E-state index in [1.807, 2.05) is 11.8 Å². The molecular weight excluding hydrogens is 264 g/mol. The van der Waals surface area contributed by atoms with Crippen molar-refractivity contribution >= 4 is 5.97 Å². The summed E-state index contributed by atoms with van der Waals surface area (Å²) in [5, 5.41) is 9.32. The molecule has 0 aromatic heterocycles. The average molecular weight is 283 g/mol. The minimum absolute atomic E-state index is 0.394. The number of halogens is 2. The molecule has 1 fully saturated rings. The molecule has 20 heavy (non-hydrogen) atoms. The number of likely N-dealkylation sites (tertiary alicyclic amines) is 1. The van der Waals surface area contributed by atoms with Crippen molar-refractivity contribution in [3.63, 3.8) is 0 Å². The minimum atomic E-state index is -0.743. The lowest BCUT2D eigenvalue weighted by Crippen LogP contribution is -2.43. The van der Waals surface area contributed by atoms with E-state index in [0.717, 1.165) is 6.07 Å². The molecule has 2 rings (SSSR count). The van der Waals surface area contributed by atoms with Crippen molar-refractivity contribution in [3.05, 3.63) is 35.4 Å². The number of aliphatic carboxylic acids is 1. The standard InChI is InChI=1S/C15H19F2NO2/c1-2-15(14(19)20)5-7-18(8-6-15)10-11-3-4-12(16)9-13(11)17/h3-4,9H,2,5-8,10H2,1H3,(H,19,20). The molecule has 1 aliphatic rings. The molecule has 0 aliphatic carbocycles. The molecular formula is C15H19F2NO2. The van der Waals surface area contributed by atoms with Crippen LogP contribution >= 0.6 is 0 Å². The summed E-state index contributed by atoms with van der Waals surface area (Å²) in [7, 11) is 0. The fourth-order valence-corrected chi connectivity index (χ4v) is 2.75. The second kappa shape index (κ2) is 5.87. The molecule has 3 nitrogen and oxygen atoms in total. The van der Waals surface area contributed by atoms with Gasteiger partial charge in [-0.3, -0.25) is 9.69 Å². The van der Waals surface area contributed by atoms with Crippen LogP contribution in [0.1, 0.15) is 31.7 Å². The molecule has 0 bridgehead atoms. The van der Waals surface area contributed by atoms with E-state index in [-0.39, 0.29) is 0 Å². The van der Waals surface area contributed by atoms with E-state index < -0.39 is 23.0 Å². The van der Waals surface area contributed by atoms with Crippen LogP contribution in [0.25, 0.3) is 0 Å². The topological polar surface area (TPSA) is 40.5 Å². The summed E-state index contributed by atoms with van der Waals surface area (Å²) in [6.07, 6.45) is 1.75. The largest absolute Gasteiger partial charge is 0.481 e. The number of carbonyl (C=O) groups is 1. The smallest absolute Gasteiger partial charge is 0.309 e. The van der Waals surface area contributed by atoms with Crippen LogP contribution in [-0.4, -0.2) is 29.1 Å². The predicted molar refractivity (Wildman–Crippen MR) is 71.2 cm³/mol. The Morgan fingerprint density at radius 2 is 2.00 bits per heavy atom. The first-order valence-corrected chi connectivity index (χ1v) is 6.86. The predicted octanol–water partition coefficient (Wildman–Crippen LogP) is 3.04. The highest BCUT2D eigenvalue weighted by atomic mass is 19.1. The van der Waals surface area contributed by atoms with Gasteiger partial charge < -0.3 is 5.11 Å². The summed E-state index contributed by atoms with van der Waals surface area (Å²) < 4.78 is 26.4. The summed E-state index contributed by atoms with van der Waals surface area (Å²) in [4.78, 5) is 13.4. The Morgan fingerprint density at radius 1 is 1.35 bits per heavy atom. The van der Waals surface area contributed by atoms with Gasteiger partial charge in [0, 0.05) is 18.2 Å². The van der Waals surface area contributed by atoms with Gasteiger partial charge in [-0.05, 0) is 38.4 Å². The SMILES string of the molecule is CCC1(C(=O)O)CCN(Cc2ccc(F)cc2F)CC1. The van der Waals surface area contributed by atoms with Crippen molar-refractivity contribution in [3.8, 4) is 0 Å². The highest BCUT2D eigenvalue weighted by Gasteiger charge is 2.39. The number of benzene rings is 1. The molecule has 0 saturated carbocycles. The van der Waals surface area contributed by atoms with Gasteiger partial charge in [-0.15, -0.1) is 0 Å². The van der Waals surface area contributed by atoms with Gasteiger partial charge in [0.1, 0.15) is 11.6 Å². The molecule has 0 amide bonds. The van der Waals surface area contributed by atoms with Crippen molar-refractivity contribution < 1.29 is 18.7 Å². The molecule has 0 radical (unpaired) electrons. The van der Waals surface area contributed by atoms with Crippen LogP contribution in [-0.2, 0) is 11.3 Å². The summed E-state index contributed by atoms with van der Waals surface area (Å²) in [6, 6.07) is 3.58. The van der Waals surface area contributed by atoms with Crippen LogP contribution in [0.3, 0.4) is 0 Å². The first-order chi connectivity index (χ1) is 9.47. The molecule has 5 heteroatoms. The lowest BCUT2D eigenvalue weighted by atomic mass is 9.76. The lowest BCUT2D eigenvalue weighted by molar-refractivity contribution is -0.152. The van der Waals surface area contributed by atoms with E-state index in [1.54, 1.807) is 0 Å². The third-order valence-electron chi connectivity index (χ3n) is 4.35. The number of hydrogen-bond donors (Lipinski definition) is 1. The van der Waals surface area contributed by atoms with Gasteiger partial charge in [0.2, 0.25) is 0 Å². The van der Waals surface area contributed by atoms with Crippen molar-refractivity contribution in [1.29, 1.82) is 0 Å². The number of nitrogens with zero attached hydrogens (tertiary/aromatic N) is 1. The Bertz CT molecular complexity index is 497. The van der Waals surface area contributed by atoms with E-state index in [0.29, 0.717) is 44.5 Å². The summed E-state index contributed by atoms with van der Waals surface area (Å²) in [6.45, 7) is 3.53. The summed E-state index contributed by atoms with van der Waals surface area (Å²) >= 11 is 0. The average Bonchev–Trinajstić information content (AvgIpc) is 2.42. The van der Waals surface area contributed by atoms with Crippen molar-refractivity contribution in [2.24, 2.45) is 5.41 Å². The van der Waals surface area contributed by atoms with Crippen molar-refractivity contribution in [2.75, 3.05) is 13.1 Å². The normalized spacial score (nSPS) is 18.9. The zero-order valence-electron chi connectivity index (χ0n) is 11.5. The lowest BCUT2D eigenvalue weighted by Gasteiger charge is -2.38. The minimum Gasteiger partial charge on any atom is -0.481 e. The fourth-order valence-electron chi connectivity index (χ4n) is 2.75. The van der Waals surface area contributed by atoms with Crippen LogP contribution in [0.15, 0.2) is 18.2 Å². The number of carboxylic acids is 1. The Labute approximate surface area is 117 Å². The molecule has 110 valence electrons. The number of rotatable bonds is 4. The summed E-state index contributed by atoms with van der Waals surface area (Å²) in [5.74, 6) is -1.87. The van der Waals surface area contributed by atoms with Gasteiger partial charge in [-0.2, -0.15) is 0 Å². The molecule has 0 unspecified atom stereocenters. The second-order valence-electron chi connectivity index (χ2n) is 5.45. The number of carboxylic acid groups (broad SMARTS) is 1. The van der Waals surface area contributed by atoms with E-state index in [2.05, 4.69) is 0 Å². The Hall–Kier alpha value is -1.49. The Kier molecular flexibility index (Phi) is 4.38. The Balaban J connectivity index is 1.99. The third kappa shape index (κ3) is 2.98. The molecule has 1 aromatic carbocycles. The highest BCUT2D eigenvalue weighted by molar-refractivity contribution is 5.74. The van der Waals surface area contributed by atoms with E-state index in [1.165, 1.54) is 12.1 Å². The highest BCUT2D eigenvalue weighted by Crippen LogP contribution is 2.35. The molecule has 1 aromatic rings. The van der Waals surface area contributed by atoms with Crippen molar-refractivity contribution in [1.82, 2.24) is 4.90 Å². The van der Waals surface area contributed by atoms with Crippen LogP contribution in [0.2, 0.25) is 0 Å². The van der Waals surface area contributed by atoms with Crippen LogP contribution in [0.4, 0.5) is 8.78 Å². The summed E-state index contributed by atoms with van der Waals surface area (Å²) in [5.41, 5.74) is -0.191. The molecule has 1 heterocycles. The van der Waals surface area contributed by atoms with Gasteiger partial charge in [0.15, 0.2) is 0 Å². The van der Waals surface area contributed by atoms with Gasteiger partial charge >= 0.3 is 5.97 Å². The quantitative estimate of drug-likeness (QED) is 0.923.